The molecule has 3 aliphatic rings. The molecule has 4 atom stereocenters. The van der Waals surface area contributed by atoms with Crippen LogP contribution < -0.4 is 4.90 Å². The zero-order valence-electron chi connectivity index (χ0n) is 17.9. The van der Waals surface area contributed by atoms with Gasteiger partial charge in [0.1, 0.15) is 0 Å². The van der Waals surface area contributed by atoms with Gasteiger partial charge in [0.15, 0.2) is 36.0 Å². The van der Waals surface area contributed by atoms with Gasteiger partial charge in [-0.1, -0.05) is 48.5 Å². The topological polar surface area (TPSA) is 137 Å². The minimum atomic E-state index is -1.65. The maximum absolute atomic E-state index is 13.5. The van der Waals surface area contributed by atoms with E-state index in [1.807, 2.05) is 0 Å². The SMILES string of the molecule is O=C1C2=C(O[C@H](CO)[C@H]1O)N(c1ccccc1)C1=C(C(=O)[C@H](O)[C@@H](CO)O1)C2c1ccccc1. The fourth-order valence-corrected chi connectivity index (χ4v) is 4.59. The van der Waals surface area contributed by atoms with E-state index in [0.717, 1.165) is 0 Å². The molecule has 2 aromatic rings. The van der Waals surface area contributed by atoms with Crippen LogP contribution in [-0.4, -0.2) is 69.6 Å². The van der Waals surface area contributed by atoms with E-state index in [9.17, 15) is 30.0 Å². The minimum absolute atomic E-state index is 0.00836. The van der Waals surface area contributed by atoms with E-state index >= 15 is 0 Å². The third-order valence-corrected chi connectivity index (χ3v) is 6.25. The van der Waals surface area contributed by atoms with Crippen LogP contribution in [0.25, 0.3) is 0 Å². The van der Waals surface area contributed by atoms with Gasteiger partial charge in [0, 0.05) is 0 Å². The highest BCUT2D eigenvalue weighted by Crippen LogP contribution is 2.49. The van der Waals surface area contributed by atoms with Gasteiger partial charge in [0.25, 0.3) is 0 Å². The van der Waals surface area contributed by atoms with E-state index in [1.165, 1.54) is 4.90 Å². The second kappa shape index (κ2) is 8.69. The smallest absolute Gasteiger partial charge is 0.209 e. The monoisotopic (exact) mass is 465 g/mol. The van der Waals surface area contributed by atoms with Gasteiger partial charge in [-0.15, -0.1) is 0 Å². The first-order valence-corrected chi connectivity index (χ1v) is 10.9. The van der Waals surface area contributed by atoms with Crippen LogP contribution in [0.4, 0.5) is 5.69 Å². The van der Waals surface area contributed by atoms with Crippen LogP contribution in [0.3, 0.4) is 0 Å². The number of ketones is 2. The highest BCUT2D eigenvalue weighted by Gasteiger charge is 2.53. The summed E-state index contributed by atoms with van der Waals surface area (Å²) in [6.07, 6.45) is -5.75. The van der Waals surface area contributed by atoms with E-state index < -0.39 is 55.1 Å². The van der Waals surface area contributed by atoms with Gasteiger partial charge in [-0.25, -0.2) is 0 Å². The van der Waals surface area contributed by atoms with Crippen molar-refractivity contribution in [1.82, 2.24) is 0 Å². The van der Waals surface area contributed by atoms with E-state index in [4.69, 9.17) is 9.47 Å². The van der Waals surface area contributed by atoms with Gasteiger partial charge in [-0.3, -0.25) is 14.5 Å². The van der Waals surface area contributed by atoms with E-state index in [0.29, 0.717) is 11.3 Å². The van der Waals surface area contributed by atoms with Crippen molar-refractivity contribution in [2.24, 2.45) is 0 Å². The third-order valence-electron chi connectivity index (χ3n) is 6.25. The molecular weight excluding hydrogens is 442 g/mol. The van der Waals surface area contributed by atoms with E-state index in [-0.39, 0.29) is 22.9 Å². The first-order valence-electron chi connectivity index (χ1n) is 10.9. The minimum Gasteiger partial charge on any atom is -0.469 e. The van der Waals surface area contributed by atoms with Crippen molar-refractivity contribution in [2.75, 3.05) is 18.1 Å². The van der Waals surface area contributed by atoms with Crippen molar-refractivity contribution in [2.45, 2.75) is 30.3 Å². The predicted octanol–water partition coefficient (Wildman–Crippen LogP) is 0.356. The van der Waals surface area contributed by atoms with Crippen LogP contribution in [0.2, 0.25) is 0 Å². The average molecular weight is 465 g/mol. The number of ether oxygens (including phenoxy) is 2. The summed E-state index contributed by atoms with van der Waals surface area (Å²) >= 11 is 0. The van der Waals surface area contributed by atoms with Crippen LogP contribution in [0.15, 0.2) is 83.6 Å². The maximum atomic E-state index is 13.5. The van der Waals surface area contributed by atoms with Gasteiger partial charge in [-0.05, 0) is 17.7 Å². The molecule has 4 N–H and O–H groups in total. The standard InChI is InChI=1S/C25H23NO8/c27-11-15-20(29)22(31)18-17(13-7-3-1-4-8-13)19-23(32)21(30)16(12-28)34-25(19)26(24(18)33-15)14-9-5-2-6-10-14/h1-10,15-17,20-21,27-30H,11-12H2/t15-,16-,20-,21-/m1/s1. The molecule has 5 rings (SSSR count). The Bertz CT molecular complexity index is 1120. The number of Topliss-reactive ketones (excluding diaryl/α,β-unsaturated/α-hetero) is 2. The Balaban J connectivity index is 1.82. The predicted molar refractivity (Wildman–Crippen MR) is 118 cm³/mol. The molecule has 9 nitrogen and oxygen atoms in total. The lowest BCUT2D eigenvalue weighted by Gasteiger charge is -2.46. The number of para-hydroxylation sites is 1. The molecular formula is C25H23NO8. The molecule has 3 heterocycles. The summed E-state index contributed by atoms with van der Waals surface area (Å²) < 4.78 is 11.9. The van der Waals surface area contributed by atoms with Crippen LogP contribution in [0.5, 0.6) is 0 Å². The van der Waals surface area contributed by atoms with Crippen molar-refractivity contribution in [3.05, 3.63) is 89.1 Å². The molecule has 0 saturated carbocycles. The molecule has 0 spiro atoms. The Morgan fingerprint density at radius 3 is 1.59 bits per heavy atom. The summed E-state index contributed by atoms with van der Waals surface area (Å²) in [5.74, 6) is -2.39. The highest BCUT2D eigenvalue weighted by molar-refractivity contribution is 6.10. The lowest BCUT2D eigenvalue weighted by Crippen LogP contribution is -2.54. The van der Waals surface area contributed by atoms with Gasteiger partial charge in [0.05, 0.1) is 36.0 Å². The Morgan fingerprint density at radius 2 is 1.15 bits per heavy atom. The third kappa shape index (κ3) is 3.33. The van der Waals surface area contributed by atoms with Crippen molar-refractivity contribution in [1.29, 1.82) is 0 Å². The molecule has 3 aliphatic heterocycles. The van der Waals surface area contributed by atoms with Gasteiger partial charge in [0.2, 0.25) is 11.8 Å². The average Bonchev–Trinajstić information content (AvgIpc) is 2.88. The quantitative estimate of drug-likeness (QED) is 0.504. The van der Waals surface area contributed by atoms with Crippen LogP contribution in [0.1, 0.15) is 11.5 Å². The Kier molecular flexibility index (Phi) is 5.70. The molecule has 2 aromatic carbocycles. The number of aliphatic hydroxyl groups is 4. The first kappa shape index (κ1) is 22.3. The fraction of sp³-hybridized carbons (Fsp3) is 0.280. The molecule has 0 aromatic heterocycles. The highest BCUT2D eigenvalue weighted by atomic mass is 16.6. The zero-order valence-corrected chi connectivity index (χ0v) is 17.9. The van der Waals surface area contributed by atoms with Crippen molar-refractivity contribution in [3.8, 4) is 0 Å². The largest absolute Gasteiger partial charge is 0.469 e. The number of carbonyl (C=O) groups is 2. The van der Waals surface area contributed by atoms with E-state index in [1.54, 1.807) is 60.7 Å². The first-order chi connectivity index (χ1) is 16.5. The van der Waals surface area contributed by atoms with Gasteiger partial charge >= 0.3 is 0 Å². The molecule has 0 amide bonds. The Hall–Kier alpha value is -3.50. The Labute approximate surface area is 194 Å². The van der Waals surface area contributed by atoms with Gasteiger partial charge in [-0.2, -0.15) is 0 Å². The fourth-order valence-electron chi connectivity index (χ4n) is 4.59. The molecule has 34 heavy (non-hydrogen) atoms. The second-order valence-electron chi connectivity index (χ2n) is 8.25. The van der Waals surface area contributed by atoms with Gasteiger partial charge < -0.3 is 29.9 Å². The van der Waals surface area contributed by atoms with Crippen molar-refractivity contribution < 1.29 is 39.5 Å². The number of rotatable bonds is 4. The number of aliphatic hydroxyl groups excluding tert-OH is 4. The van der Waals surface area contributed by atoms with Crippen LogP contribution >= 0.6 is 0 Å². The molecule has 0 saturated heterocycles. The number of hydrogen-bond acceptors (Lipinski definition) is 9. The Morgan fingerprint density at radius 1 is 0.706 bits per heavy atom. The number of benzene rings is 2. The van der Waals surface area contributed by atoms with E-state index in [2.05, 4.69) is 0 Å². The summed E-state index contributed by atoms with van der Waals surface area (Å²) in [6.45, 7) is -1.24. The summed E-state index contributed by atoms with van der Waals surface area (Å²) in [4.78, 5) is 28.4. The zero-order chi connectivity index (χ0) is 24.0. The number of anilines is 1. The molecule has 176 valence electrons. The molecule has 0 radical (unpaired) electrons. The molecule has 0 bridgehead atoms. The molecule has 9 heteroatoms. The van der Waals surface area contributed by atoms with Crippen LogP contribution in [-0.2, 0) is 19.1 Å². The summed E-state index contributed by atoms with van der Waals surface area (Å²) in [7, 11) is 0. The summed E-state index contributed by atoms with van der Waals surface area (Å²) in [5, 5.41) is 40.7. The lowest BCUT2D eigenvalue weighted by molar-refractivity contribution is -0.140. The van der Waals surface area contributed by atoms with Crippen molar-refractivity contribution in [3.63, 3.8) is 0 Å². The number of carbonyl (C=O) groups excluding carboxylic acids is 2. The lowest BCUT2D eigenvalue weighted by atomic mass is 9.75. The maximum Gasteiger partial charge on any atom is 0.209 e. The summed E-state index contributed by atoms with van der Waals surface area (Å²) in [5.41, 5.74) is 1.05. The molecule has 0 aliphatic carbocycles. The number of hydrogen-bond donors (Lipinski definition) is 4. The second-order valence-corrected chi connectivity index (χ2v) is 8.25. The van der Waals surface area contributed by atoms with Crippen LogP contribution in [0, 0.1) is 0 Å². The summed E-state index contributed by atoms with van der Waals surface area (Å²) in [6, 6.07) is 17.4. The number of nitrogens with zero attached hydrogens (tertiary/aromatic N) is 1. The molecule has 0 fully saturated rings. The normalized spacial score (nSPS) is 27.2. The molecule has 0 unspecified atom stereocenters. The van der Waals surface area contributed by atoms with Crippen molar-refractivity contribution >= 4 is 17.3 Å².